The van der Waals surface area contributed by atoms with E-state index in [0.29, 0.717) is 37.6 Å². The van der Waals surface area contributed by atoms with Gasteiger partial charge in [-0.15, -0.1) is 0 Å². The summed E-state index contributed by atoms with van der Waals surface area (Å²) in [5.41, 5.74) is 2.47. The van der Waals surface area contributed by atoms with Crippen LogP contribution in [0.4, 0.5) is 4.39 Å². The molecule has 0 spiro atoms. The van der Waals surface area contributed by atoms with Crippen LogP contribution in [0, 0.1) is 5.82 Å². The summed E-state index contributed by atoms with van der Waals surface area (Å²) in [5.74, 6) is 0.408. The van der Waals surface area contributed by atoms with Crippen molar-refractivity contribution >= 4 is 5.91 Å². The first kappa shape index (κ1) is 21.6. The van der Waals surface area contributed by atoms with Crippen LogP contribution in [-0.2, 0) is 17.8 Å². The third kappa shape index (κ3) is 5.70. The van der Waals surface area contributed by atoms with Gasteiger partial charge in [0.15, 0.2) is 0 Å². The molecule has 0 saturated heterocycles. The second-order valence-electron chi connectivity index (χ2n) is 7.06. The fourth-order valence-electron chi connectivity index (χ4n) is 3.34. The molecule has 0 N–H and O–H groups in total. The number of carbonyl (C=O) groups excluding carboxylic acids is 1. The van der Waals surface area contributed by atoms with E-state index in [9.17, 15) is 9.18 Å². The largest absolute Gasteiger partial charge is 0.497 e. The van der Waals surface area contributed by atoms with Crippen LogP contribution in [0.3, 0.4) is 0 Å². The van der Waals surface area contributed by atoms with Crippen molar-refractivity contribution < 1.29 is 18.7 Å². The Kier molecular flexibility index (Phi) is 7.63. The molecule has 6 heteroatoms. The highest BCUT2D eigenvalue weighted by atomic mass is 19.1. The molecular weight excluding hydrogens is 383 g/mol. The summed E-state index contributed by atoms with van der Waals surface area (Å²) in [6, 6.07) is 17.6. The highest BCUT2D eigenvalue weighted by Crippen LogP contribution is 2.17. The molecule has 1 heterocycles. The van der Waals surface area contributed by atoms with Crippen molar-refractivity contribution in [1.29, 1.82) is 0 Å². The number of aromatic nitrogens is 1. The van der Waals surface area contributed by atoms with Crippen molar-refractivity contribution in [2.45, 2.75) is 19.5 Å². The Hall–Kier alpha value is -3.12. The quantitative estimate of drug-likeness (QED) is 0.467. The Labute approximate surface area is 176 Å². The number of amides is 1. The van der Waals surface area contributed by atoms with E-state index < -0.39 is 0 Å². The van der Waals surface area contributed by atoms with Gasteiger partial charge in [0, 0.05) is 44.3 Å². The molecule has 0 aliphatic carbocycles. The molecule has 5 nitrogen and oxygen atoms in total. The van der Waals surface area contributed by atoms with Gasteiger partial charge >= 0.3 is 0 Å². The summed E-state index contributed by atoms with van der Waals surface area (Å²) in [5, 5.41) is 0. The number of benzene rings is 2. The summed E-state index contributed by atoms with van der Waals surface area (Å²) in [4.78, 5) is 15.0. The second kappa shape index (κ2) is 10.6. The van der Waals surface area contributed by atoms with E-state index in [1.807, 2.05) is 33.9 Å². The minimum atomic E-state index is -0.253. The lowest BCUT2D eigenvalue weighted by Crippen LogP contribution is -2.33. The van der Waals surface area contributed by atoms with Crippen LogP contribution in [0.25, 0.3) is 0 Å². The van der Waals surface area contributed by atoms with Crippen LogP contribution in [0.2, 0.25) is 0 Å². The highest BCUT2D eigenvalue weighted by Gasteiger charge is 2.18. The predicted molar refractivity (Wildman–Crippen MR) is 114 cm³/mol. The topological polar surface area (TPSA) is 43.7 Å². The number of nitrogens with zero attached hydrogens (tertiary/aromatic N) is 2. The van der Waals surface area contributed by atoms with Gasteiger partial charge in [-0.1, -0.05) is 12.1 Å². The summed E-state index contributed by atoms with van der Waals surface area (Å²) < 4.78 is 25.9. The summed E-state index contributed by atoms with van der Waals surface area (Å²) in [6.07, 6.45) is 2.69. The van der Waals surface area contributed by atoms with Crippen molar-refractivity contribution in [3.05, 3.63) is 89.5 Å². The molecular formula is C24H27FN2O3. The zero-order chi connectivity index (χ0) is 21.3. The van der Waals surface area contributed by atoms with Crippen LogP contribution in [0.5, 0.6) is 5.75 Å². The first-order valence-corrected chi connectivity index (χ1v) is 9.91. The summed E-state index contributed by atoms with van der Waals surface area (Å²) in [6.45, 7) is 2.15. The standard InChI is InChI=1S/C24H27FN2O3/c1-29-15-5-14-27(24(28)20-9-11-23(30-2)12-10-20)18-22-8-4-13-26(22)17-19-6-3-7-21(25)16-19/h3-4,6-13,16H,5,14-15,17-18H2,1-2H3. The van der Waals surface area contributed by atoms with Crippen molar-refractivity contribution in [2.75, 3.05) is 27.4 Å². The monoisotopic (exact) mass is 410 g/mol. The Balaban J connectivity index is 1.77. The first-order chi connectivity index (χ1) is 14.6. The predicted octanol–water partition coefficient (Wildman–Crippen LogP) is 4.36. The molecule has 2 aromatic carbocycles. The van der Waals surface area contributed by atoms with Gasteiger partial charge in [-0.05, 0) is 60.5 Å². The van der Waals surface area contributed by atoms with E-state index in [4.69, 9.17) is 9.47 Å². The molecule has 0 bridgehead atoms. The van der Waals surface area contributed by atoms with E-state index in [1.54, 1.807) is 44.6 Å². The van der Waals surface area contributed by atoms with Gasteiger partial charge in [0.25, 0.3) is 5.91 Å². The van der Waals surface area contributed by atoms with Crippen LogP contribution in [-0.4, -0.2) is 42.7 Å². The van der Waals surface area contributed by atoms with Gasteiger partial charge in [-0.25, -0.2) is 4.39 Å². The molecule has 3 aromatic rings. The molecule has 0 radical (unpaired) electrons. The van der Waals surface area contributed by atoms with E-state index in [2.05, 4.69) is 0 Å². The molecule has 1 amide bonds. The van der Waals surface area contributed by atoms with Crippen LogP contribution in [0.15, 0.2) is 66.9 Å². The highest BCUT2D eigenvalue weighted by molar-refractivity contribution is 5.94. The van der Waals surface area contributed by atoms with Gasteiger partial charge in [0.1, 0.15) is 11.6 Å². The third-order valence-electron chi connectivity index (χ3n) is 4.92. The number of methoxy groups -OCH3 is 2. The Morgan fingerprint density at radius 1 is 1.07 bits per heavy atom. The molecule has 0 atom stereocenters. The van der Waals surface area contributed by atoms with Gasteiger partial charge in [-0.3, -0.25) is 4.79 Å². The summed E-state index contributed by atoms with van der Waals surface area (Å²) in [7, 11) is 3.25. The first-order valence-electron chi connectivity index (χ1n) is 9.91. The lowest BCUT2D eigenvalue weighted by atomic mass is 10.1. The maximum atomic E-state index is 13.5. The molecule has 0 unspecified atom stereocenters. The zero-order valence-electron chi connectivity index (χ0n) is 17.4. The Morgan fingerprint density at radius 2 is 1.87 bits per heavy atom. The smallest absolute Gasteiger partial charge is 0.254 e. The number of hydrogen-bond acceptors (Lipinski definition) is 3. The van der Waals surface area contributed by atoms with Gasteiger partial charge in [0.2, 0.25) is 0 Å². The lowest BCUT2D eigenvalue weighted by Gasteiger charge is -2.24. The molecule has 3 rings (SSSR count). The molecule has 0 aliphatic heterocycles. The fraction of sp³-hybridized carbons (Fsp3) is 0.292. The van der Waals surface area contributed by atoms with Crippen molar-refractivity contribution in [3.8, 4) is 5.75 Å². The lowest BCUT2D eigenvalue weighted by molar-refractivity contribution is 0.0720. The van der Waals surface area contributed by atoms with Crippen LogP contribution in [0.1, 0.15) is 28.0 Å². The van der Waals surface area contributed by atoms with Crippen molar-refractivity contribution in [3.63, 3.8) is 0 Å². The number of ether oxygens (including phenoxy) is 2. The van der Waals surface area contributed by atoms with Crippen molar-refractivity contribution in [2.24, 2.45) is 0 Å². The Bertz CT molecular complexity index is 953. The average molecular weight is 410 g/mol. The number of carbonyl (C=O) groups is 1. The third-order valence-corrected chi connectivity index (χ3v) is 4.92. The molecule has 0 saturated carbocycles. The maximum Gasteiger partial charge on any atom is 0.254 e. The maximum absolute atomic E-state index is 13.5. The van der Waals surface area contributed by atoms with E-state index >= 15 is 0 Å². The average Bonchev–Trinajstić information content (AvgIpc) is 3.19. The number of rotatable bonds is 10. The fourth-order valence-corrected chi connectivity index (χ4v) is 3.34. The van der Waals surface area contributed by atoms with Gasteiger partial charge in [0.05, 0.1) is 13.7 Å². The minimum absolute atomic E-state index is 0.0488. The molecule has 0 aliphatic rings. The van der Waals surface area contributed by atoms with E-state index in [1.165, 1.54) is 12.1 Å². The Morgan fingerprint density at radius 3 is 2.57 bits per heavy atom. The zero-order valence-corrected chi connectivity index (χ0v) is 17.4. The molecule has 158 valence electrons. The van der Waals surface area contributed by atoms with E-state index in [-0.39, 0.29) is 11.7 Å². The SMILES string of the molecule is COCCCN(Cc1cccn1Cc1cccc(F)c1)C(=O)c1ccc(OC)cc1. The second-order valence-corrected chi connectivity index (χ2v) is 7.06. The molecule has 0 fully saturated rings. The number of halogens is 1. The number of hydrogen-bond donors (Lipinski definition) is 0. The molecule has 30 heavy (non-hydrogen) atoms. The molecule has 1 aromatic heterocycles. The van der Waals surface area contributed by atoms with Gasteiger partial charge in [-0.2, -0.15) is 0 Å². The minimum Gasteiger partial charge on any atom is -0.497 e. The van der Waals surface area contributed by atoms with Crippen LogP contribution < -0.4 is 4.74 Å². The van der Waals surface area contributed by atoms with Crippen molar-refractivity contribution in [1.82, 2.24) is 9.47 Å². The van der Waals surface area contributed by atoms with Crippen LogP contribution >= 0.6 is 0 Å². The van der Waals surface area contributed by atoms with E-state index in [0.717, 1.165) is 17.7 Å². The normalized spacial score (nSPS) is 10.8. The van der Waals surface area contributed by atoms with Gasteiger partial charge < -0.3 is 18.9 Å². The summed E-state index contributed by atoms with van der Waals surface area (Å²) >= 11 is 0.